The van der Waals surface area contributed by atoms with Crippen LogP contribution in [0.15, 0.2) is 9.52 Å². The molecule has 146 valence electrons. The molecule has 0 saturated carbocycles. The second-order valence-electron chi connectivity index (χ2n) is 6.46. The van der Waals surface area contributed by atoms with Gasteiger partial charge in [0.2, 0.25) is 5.89 Å². The van der Waals surface area contributed by atoms with Crippen molar-refractivity contribution < 1.29 is 9.26 Å². The van der Waals surface area contributed by atoms with Gasteiger partial charge in [0.05, 0.1) is 0 Å². The van der Waals surface area contributed by atoms with E-state index in [-0.39, 0.29) is 29.9 Å². The summed E-state index contributed by atoms with van der Waals surface area (Å²) in [5, 5.41) is 10.5. The van der Waals surface area contributed by atoms with Crippen LogP contribution in [0.2, 0.25) is 0 Å². The molecule has 8 heteroatoms. The fourth-order valence-corrected chi connectivity index (χ4v) is 1.91. The molecule has 0 aliphatic carbocycles. The summed E-state index contributed by atoms with van der Waals surface area (Å²) in [5.41, 5.74) is 0. The predicted octanol–water partition coefficient (Wildman–Crippen LogP) is 2.97. The summed E-state index contributed by atoms with van der Waals surface area (Å²) in [6.45, 7) is 14.3. The molecule has 1 rings (SSSR count). The van der Waals surface area contributed by atoms with Crippen LogP contribution >= 0.6 is 24.0 Å². The average Bonchev–Trinajstić information content (AvgIpc) is 2.99. The summed E-state index contributed by atoms with van der Waals surface area (Å²) in [7, 11) is 0. The Kier molecular flexibility index (Phi) is 13.8. The number of guanidine groups is 1. The molecule has 1 heterocycles. The van der Waals surface area contributed by atoms with E-state index in [0.29, 0.717) is 24.8 Å². The third kappa shape index (κ3) is 11.4. The lowest BCUT2D eigenvalue weighted by Gasteiger charge is -2.10. The van der Waals surface area contributed by atoms with E-state index in [1.54, 1.807) is 0 Å². The van der Waals surface area contributed by atoms with Crippen LogP contribution < -0.4 is 10.6 Å². The fourth-order valence-electron chi connectivity index (χ4n) is 1.91. The van der Waals surface area contributed by atoms with Gasteiger partial charge >= 0.3 is 0 Å². The highest BCUT2D eigenvalue weighted by Gasteiger charge is 2.09. The standard InChI is InChI=1S/C17H33N5O2.HI/c1-6-18-17(19-9-7-11-23-12-13(2)3)20-10-8-15-21-16(14(4)5)22-24-15;/h13-14H,6-12H2,1-5H3,(H2,18,19,20);1H. The molecule has 0 unspecified atom stereocenters. The first-order valence-corrected chi connectivity index (χ1v) is 8.95. The molecule has 0 fully saturated rings. The van der Waals surface area contributed by atoms with Gasteiger partial charge in [0.15, 0.2) is 11.8 Å². The minimum atomic E-state index is 0. The van der Waals surface area contributed by atoms with E-state index in [1.165, 1.54) is 0 Å². The largest absolute Gasteiger partial charge is 0.381 e. The highest BCUT2D eigenvalue weighted by molar-refractivity contribution is 14.0. The van der Waals surface area contributed by atoms with E-state index < -0.39 is 0 Å². The van der Waals surface area contributed by atoms with Gasteiger partial charge in [0.25, 0.3) is 0 Å². The first-order valence-electron chi connectivity index (χ1n) is 8.95. The summed E-state index contributed by atoms with van der Waals surface area (Å²) in [6, 6.07) is 0. The number of rotatable bonds is 11. The van der Waals surface area contributed by atoms with Crippen molar-refractivity contribution in [3.63, 3.8) is 0 Å². The van der Waals surface area contributed by atoms with Gasteiger partial charge in [-0.05, 0) is 19.3 Å². The number of halogens is 1. The maximum atomic E-state index is 5.56. The van der Waals surface area contributed by atoms with Crippen LogP contribution in [0.3, 0.4) is 0 Å². The third-order valence-corrected chi connectivity index (χ3v) is 3.14. The highest BCUT2D eigenvalue weighted by atomic mass is 127. The molecule has 0 bridgehead atoms. The van der Waals surface area contributed by atoms with Crippen LogP contribution in [0.25, 0.3) is 0 Å². The predicted molar refractivity (Wildman–Crippen MR) is 112 cm³/mol. The normalized spacial score (nSPS) is 11.7. The summed E-state index contributed by atoms with van der Waals surface area (Å²) in [6.07, 6.45) is 1.60. The summed E-state index contributed by atoms with van der Waals surface area (Å²) in [5.74, 6) is 3.08. The Morgan fingerprint density at radius 3 is 2.60 bits per heavy atom. The number of nitrogens with one attached hydrogen (secondary N) is 2. The third-order valence-electron chi connectivity index (χ3n) is 3.14. The van der Waals surface area contributed by atoms with Crippen LogP contribution in [0, 0.1) is 5.92 Å². The summed E-state index contributed by atoms with van der Waals surface area (Å²) < 4.78 is 10.8. The van der Waals surface area contributed by atoms with Gasteiger partial charge in [-0.3, -0.25) is 4.99 Å². The number of nitrogens with zero attached hydrogens (tertiary/aromatic N) is 3. The molecule has 2 N–H and O–H groups in total. The van der Waals surface area contributed by atoms with E-state index in [4.69, 9.17) is 9.26 Å². The zero-order chi connectivity index (χ0) is 17.8. The van der Waals surface area contributed by atoms with Crippen molar-refractivity contribution in [2.75, 3.05) is 32.8 Å². The fraction of sp³-hybridized carbons (Fsp3) is 0.824. The maximum absolute atomic E-state index is 5.56. The molecule has 1 aromatic heterocycles. The van der Waals surface area contributed by atoms with E-state index in [2.05, 4.69) is 46.5 Å². The lowest BCUT2D eigenvalue weighted by molar-refractivity contribution is 0.109. The average molecular weight is 467 g/mol. The van der Waals surface area contributed by atoms with E-state index in [1.807, 2.05) is 13.8 Å². The molecule has 0 atom stereocenters. The lowest BCUT2D eigenvalue weighted by atomic mass is 10.2. The first-order chi connectivity index (χ1) is 11.5. The van der Waals surface area contributed by atoms with Crippen molar-refractivity contribution >= 4 is 29.9 Å². The molecule has 25 heavy (non-hydrogen) atoms. The van der Waals surface area contributed by atoms with Crippen molar-refractivity contribution in [3.8, 4) is 0 Å². The van der Waals surface area contributed by atoms with Crippen LogP contribution in [0.1, 0.15) is 58.7 Å². The first kappa shape index (κ1) is 24.1. The molecule has 0 amide bonds. The zero-order valence-corrected chi connectivity index (χ0v) is 18.5. The number of aliphatic imine (C=N–C) groups is 1. The number of ether oxygens (including phenoxy) is 1. The molecule has 0 spiro atoms. The van der Waals surface area contributed by atoms with Gasteiger partial charge in [-0.1, -0.05) is 32.9 Å². The second-order valence-corrected chi connectivity index (χ2v) is 6.46. The van der Waals surface area contributed by atoms with Crippen molar-refractivity contribution in [3.05, 3.63) is 11.7 Å². The Labute approximate surface area is 168 Å². The van der Waals surface area contributed by atoms with Crippen molar-refractivity contribution in [1.82, 2.24) is 20.8 Å². The van der Waals surface area contributed by atoms with Crippen molar-refractivity contribution in [2.24, 2.45) is 10.9 Å². The van der Waals surface area contributed by atoms with Gasteiger partial charge < -0.3 is 19.9 Å². The minimum absolute atomic E-state index is 0. The van der Waals surface area contributed by atoms with Crippen LogP contribution in [0.4, 0.5) is 0 Å². The van der Waals surface area contributed by atoms with Gasteiger partial charge in [0.1, 0.15) is 0 Å². The van der Waals surface area contributed by atoms with Gasteiger partial charge in [-0.2, -0.15) is 4.98 Å². The smallest absolute Gasteiger partial charge is 0.228 e. The Balaban J connectivity index is 0.00000576. The van der Waals surface area contributed by atoms with Crippen LogP contribution in [0.5, 0.6) is 0 Å². The highest BCUT2D eigenvalue weighted by Crippen LogP contribution is 2.09. The van der Waals surface area contributed by atoms with Crippen LogP contribution in [-0.4, -0.2) is 48.9 Å². The van der Waals surface area contributed by atoms with Gasteiger partial charge in [-0.25, -0.2) is 0 Å². The molecule has 0 saturated heterocycles. The van der Waals surface area contributed by atoms with Gasteiger partial charge in [0, 0.05) is 45.2 Å². The summed E-state index contributed by atoms with van der Waals surface area (Å²) in [4.78, 5) is 8.91. The van der Waals surface area contributed by atoms with E-state index in [0.717, 1.165) is 44.5 Å². The molecule has 7 nitrogen and oxygen atoms in total. The molecule has 1 aromatic rings. The Morgan fingerprint density at radius 1 is 1.24 bits per heavy atom. The monoisotopic (exact) mass is 467 g/mol. The molecule has 0 aliphatic rings. The molecular weight excluding hydrogens is 433 g/mol. The Hall–Kier alpha value is -0.900. The van der Waals surface area contributed by atoms with Gasteiger partial charge in [-0.15, -0.1) is 24.0 Å². The maximum Gasteiger partial charge on any atom is 0.228 e. The SMILES string of the molecule is CCNC(=NCCCOCC(C)C)NCCc1nc(C(C)C)no1.I. The van der Waals surface area contributed by atoms with E-state index >= 15 is 0 Å². The molecule has 0 aliphatic heterocycles. The minimum Gasteiger partial charge on any atom is -0.381 e. The quantitative estimate of drug-likeness (QED) is 0.225. The Morgan fingerprint density at radius 2 is 2.00 bits per heavy atom. The summed E-state index contributed by atoms with van der Waals surface area (Å²) >= 11 is 0. The molecular formula is C17H34IN5O2. The lowest BCUT2D eigenvalue weighted by Crippen LogP contribution is -2.38. The van der Waals surface area contributed by atoms with Crippen molar-refractivity contribution in [2.45, 2.75) is 53.4 Å². The van der Waals surface area contributed by atoms with E-state index in [9.17, 15) is 0 Å². The number of hydrogen-bond donors (Lipinski definition) is 2. The zero-order valence-electron chi connectivity index (χ0n) is 16.2. The Bertz CT molecular complexity index is 477. The second kappa shape index (κ2) is 14.3. The number of aromatic nitrogens is 2. The number of hydrogen-bond acceptors (Lipinski definition) is 5. The van der Waals surface area contributed by atoms with Crippen LogP contribution in [-0.2, 0) is 11.2 Å². The molecule has 0 aromatic carbocycles. The topological polar surface area (TPSA) is 84.6 Å². The van der Waals surface area contributed by atoms with Crippen molar-refractivity contribution in [1.29, 1.82) is 0 Å². The molecule has 0 radical (unpaired) electrons.